The maximum atomic E-state index is 13.0. The van der Waals surface area contributed by atoms with E-state index in [1.54, 1.807) is 20.8 Å². The summed E-state index contributed by atoms with van der Waals surface area (Å²) in [6.45, 7) is 7.51. The van der Waals surface area contributed by atoms with Crippen molar-refractivity contribution < 1.29 is 19.2 Å². The molecule has 0 aliphatic carbocycles. The van der Waals surface area contributed by atoms with Gasteiger partial charge in [-0.05, 0) is 0 Å². The van der Waals surface area contributed by atoms with Gasteiger partial charge < -0.3 is 0 Å². The summed E-state index contributed by atoms with van der Waals surface area (Å²) < 4.78 is 5.59. The first-order chi connectivity index (χ1) is 12.7. The Balaban J connectivity index is 1.97. The third-order valence-corrected chi connectivity index (χ3v) is 7.37. The van der Waals surface area contributed by atoms with Crippen LogP contribution in [0.4, 0.5) is 4.79 Å². The van der Waals surface area contributed by atoms with Crippen molar-refractivity contribution in [2.24, 2.45) is 0 Å². The van der Waals surface area contributed by atoms with Crippen LogP contribution in [-0.2, 0) is 18.7 Å². The van der Waals surface area contributed by atoms with Gasteiger partial charge in [0, 0.05) is 0 Å². The van der Waals surface area contributed by atoms with Crippen LogP contribution >= 0.6 is 0 Å². The average Bonchev–Trinajstić information content (AvgIpc) is 2.94. The minimum atomic E-state index is -0.905. The van der Waals surface area contributed by atoms with Crippen molar-refractivity contribution in [3.8, 4) is 0 Å². The predicted molar refractivity (Wildman–Crippen MR) is 104 cm³/mol. The summed E-state index contributed by atoms with van der Waals surface area (Å²) >= 11 is -0.270. The second-order valence-corrected chi connectivity index (χ2v) is 10.3. The van der Waals surface area contributed by atoms with E-state index >= 15 is 0 Å². The molecule has 1 amide bonds. The first-order valence-corrected chi connectivity index (χ1v) is 10.5. The van der Waals surface area contributed by atoms with Gasteiger partial charge in [0.15, 0.2) is 0 Å². The number of ether oxygens (including phenoxy) is 1. The molecule has 0 saturated carbocycles. The topological polar surface area (TPSA) is 55.8 Å². The standard InChI is InChI=1S/C21H23NO4Se/c1-15-10-8-9-13-17(15)27-21(16-11-6-5-7-12-16)14-22(26-18(21)23)19(24)25-20(2,3)4/h5-13H,14H2,1-4H3. The predicted octanol–water partition coefficient (Wildman–Crippen LogP) is 2.93. The Morgan fingerprint density at radius 1 is 1.11 bits per heavy atom. The van der Waals surface area contributed by atoms with Crippen LogP contribution in [0.15, 0.2) is 54.6 Å². The number of hydrogen-bond donors (Lipinski definition) is 0. The first kappa shape index (κ1) is 19.5. The molecule has 0 radical (unpaired) electrons. The zero-order chi connectivity index (χ0) is 19.7. The molecular weight excluding hydrogens is 409 g/mol. The van der Waals surface area contributed by atoms with Gasteiger partial charge in [0.05, 0.1) is 0 Å². The SMILES string of the molecule is Cc1ccccc1[Se]C1(c2ccccc2)CN(C(=O)OC(C)(C)C)OC1=O. The first-order valence-electron chi connectivity index (χ1n) is 8.74. The number of amides is 1. The molecule has 5 nitrogen and oxygen atoms in total. The fourth-order valence-corrected chi connectivity index (χ4v) is 5.54. The molecule has 2 aromatic rings. The maximum absolute atomic E-state index is 13.0. The van der Waals surface area contributed by atoms with E-state index in [-0.39, 0.29) is 21.5 Å². The van der Waals surface area contributed by atoms with Gasteiger partial charge in [-0.2, -0.15) is 0 Å². The van der Waals surface area contributed by atoms with E-state index < -0.39 is 22.0 Å². The Kier molecular flexibility index (Phi) is 5.31. The van der Waals surface area contributed by atoms with Crippen molar-refractivity contribution in [2.75, 3.05) is 6.54 Å². The summed E-state index contributed by atoms with van der Waals surface area (Å²) in [7, 11) is 0. The molecule has 142 valence electrons. The van der Waals surface area contributed by atoms with E-state index in [1.165, 1.54) is 0 Å². The summed E-state index contributed by atoms with van der Waals surface area (Å²) in [6, 6.07) is 17.5. The fraction of sp³-hybridized carbons (Fsp3) is 0.333. The van der Waals surface area contributed by atoms with E-state index in [2.05, 4.69) is 0 Å². The monoisotopic (exact) mass is 433 g/mol. The molecule has 0 aromatic heterocycles. The van der Waals surface area contributed by atoms with Gasteiger partial charge in [0.2, 0.25) is 0 Å². The number of rotatable bonds is 3. The molecular formula is C21H23NO4Se. The van der Waals surface area contributed by atoms with Crippen molar-refractivity contribution in [1.82, 2.24) is 5.06 Å². The fourth-order valence-electron chi connectivity index (χ4n) is 2.80. The quantitative estimate of drug-likeness (QED) is 0.700. The van der Waals surface area contributed by atoms with Crippen LogP contribution in [0.5, 0.6) is 0 Å². The Morgan fingerprint density at radius 2 is 1.74 bits per heavy atom. The molecule has 6 heteroatoms. The molecule has 1 unspecified atom stereocenters. The molecule has 27 heavy (non-hydrogen) atoms. The normalized spacial score (nSPS) is 19.7. The molecule has 3 rings (SSSR count). The molecule has 1 atom stereocenters. The molecule has 1 heterocycles. The number of hydrogen-bond acceptors (Lipinski definition) is 4. The Hall–Kier alpha value is -2.30. The van der Waals surface area contributed by atoms with E-state index in [1.807, 2.05) is 61.5 Å². The van der Waals surface area contributed by atoms with Crippen LogP contribution in [0, 0.1) is 6.92 Å². The molecule has 1 aliphatic heterocycles. The number of carbonyl (C=O) groups excluding carboxylic acids is 2. The molecule has 0 bridgehead atoms. The van der Waals surface area contributed by atoms with E-state index in [0.29, 0.717) is 0 Å². The number of benzene rings is 2. The van der Waals surface area contributed by atoms with Crippen LogP contribution in [0.2, 0.25) is 0 Å². The van der Waals surface area contributed by atoms with Crippen LogP contribution in [0.25, 0.3) is 0 Å². The molecule has 1 fully saturated rings. The van der Waals surface area contributed by atoms with Crippen molar-refractivity contribution in [3.63, 3.8) is 0 Å². The van der Waals surface area contributed by atoms with Crippen LogP contribution < -0.4 is 4.46 Å². The third-order valence-electron chi connectivity index (χ3n) is 4.10. The van der Waals surface area contributed by atoms with Gasteiger partial charge in [-0.25, -0.2) is 0 Å². The molecule has 1 saturated heterocycles. The summed E-state index contributed by atoms with van der Waals surface area (Å²) in [4.78, 5) is 30.9. The molecule has 0 spiro atoms. The Morgan fingerprint density at radius 3 is 2.37 bits per heavy atom. The zero-order valence-corrected chi connectivity index (χ0v) is 17.6. The molecule has 0 N–H and O–H groups in total. The van der Waals surface area contributed by atoms with Gasteiger partial charge >= 0.3 is 166 Å². The number of hydroxylamine groups is 2. The van der Waals surface area contributed by atoms with E-state index in [0.717, 1.165) is 20.7 Å². The summed E-state index contributed by atoms with van der Waals surface area (Å²) in [5, 5.41) is 1.06. The number of nitrogens with zero attached hydrogens (tertiary/aromatic N) is 1. The Bertz CT molecular complexity index is 847. The summed E-state index contributed by atoms with van der Waals surface area (Å²) in [6.07, 6.45) is -0.644. The van der Waals surface area contributed by atoms with Gasteiger partial charge in [-0.1, -0.05) is 0 Å². The van der Waals surface area contributed by atoms with Crippen LogP contribution in [-0.4, -0.2) is 44.2 Å². The van der Waals surface area contributed by atoms with E-state index in [4.69, 9.17) is 9.57 Å². The van der Waals surface area contributed by atoms with Gasteiger partial charge in [0.25, 0.3) is 0 Å². The molecule has 1 aliphatic rings. The van der Waals surface area contributed by atoms with Gasteiger partial charge in [-0.15, -0.1) is 0 Å². The second kappa shape index (κ2) is 7.37. The Labute approximate surface area is 165 Å². The second-order valence-electron chi connectivity index (χ2n) is 7.46. The van der Waals surface area contributed by atoms with Gasteiger partial charge in [-0.3, -0.25) is 0 Å². The van der Waals surface area contributed by atoms with Crippen molar-refractivity contribution in [1.29, 1.82) is 0 Å². The summed E-state index contributed by atoms with van der Waals surface area (Å²) in [5.41, 5.74) is 1.31. The number of aryl methyl sites for hydroxylation is 1. The van der Waals surface area contributed by atoms with Gasteiger partial charge in [0.1, 0.15) is 0 Å². The minimum absolute atomic E-state index is 0.138. The van der Waals surface area contributed by atoms with Crippen LogP contribution in [0.3, 0.4) is 0 Å². The van der Waals surface area contributed by atoms with Crippen molar-refractivity contribution in [3.05, 3.63) is 65.7 Å². The third kappa shape index (κ3) is 4.18. The molecule has 2 aromatic carbocycles. The average molecular weight is 432 g/mol. The van der Waals surface area contributed by atoms with Crippen LogP contribution in [0.1, 0.15) is 31.9 Å². The zero-order valence-electron chi connectivity index (χ0n) is 15.9. The number of carbonyl (C=O) groups is 2. The van der Waals surface area contributed by atoms with Crippen molar-refractivity contribution in [2.45, 2.75) is 37.6 Å². The summed E-state index contributed by atoms with van der Waals surface area (Å²) in [5.74, 6) is -0.414. The van der Waals surface area contributed by atoms with Crippen molar-refractivity contribution >= 4 is 31.5 Å². The van der Waals surface area contributed by atoms with E-state index in [9.17, 15) is 9.59 Å².